The number of nitrogens with zero attached hydrogens (tertiary/aromatic N) is 1. The van der Waals surface area contributed by atoms with E-state index in [2.05, 4.69) is 5.32 Å². The number of halogens is 1. The molecule has 136 valence electrons. The van der Waals surface area contributed by atoms with E-state index in [9.17, 15) is 14.7 Å². The Labute approximate surface area is 149 Å². The summed E-state index contributed by atoms with van der Waals surface area (Å²) in [6, 6.07) is 3.24. The van der Waals surface area contributed by atoms with Crippen LogP contribution in [0.25, 0.3) is 10.9 Å². The maximum atomic E-state index is 12.5. The molecule has 0 unspecified atom stereocenters. The summed E-state index contributed by atoms with van der Waals surface area (Å²) < 4.78 is 6.89. The second-order valence-electron chi connectivity index (χ2n) is 5.48. The summed E-state index contributed by atoms with van der Waals surface area (Å²) in [5, 5.41) is 21.7. The van der Waals surface area contributed by atoms with Crippen LogP contribution in [0.15, 0.2) is 23.1 Å². The topological polar surface area (TPSA) is 101 Å². The van der Waals surface area contributed by atoms with Crippen LogP contribution < -0.4 is 10.7 Å². The Kier molecular flexibility index (Phi) is 6.81. The van der Waals surface area contributed by atoms with Gasteiger partial charge in [0.25, 0.3) is 0 Å². The standard InChI is InChI=1S/C17H21ClN2O5/c1-2-4-20-10-12(17(23)24)16(22)11-8-14(13(18)9-15(11)20)19-3-6-25-7-5-21/h8-10,19,21H,2-7H2,1H3,(H,23,24). The lowest BCUT2D eigenvalue weighted by Gasteiger charge is -2.14. The molecule has 0 saturated heterocycles. The molecule has 2 rings (SSSR count). The van der Waals surface area contributed by atoms with Crippen LogP contribution in [-0.2, 0) is 11.3 Å². The first-order valence-electron chi connectivity index (χ1n) is 8.02. The first-order valence-corrected chi connectivity index (χ1v) is 8.39. The SMILES string of the molecule is CCCn1cc(C(=O)O)c(=O)c2cc(NCCOCCO)c(Cl)cc21. The van der Waals surface area contributed by atoms with Crippen LogP contribution in [0, 0.1) is 0 Å². The number of aromatic carboxylic acids is 1. The molecule has 1 heterocycles. The number of pyridine rings is 1. The first kappa shape index (κ1) is 19.2. The Morgan fingerprint density at radius 2 is 2.12 bits per heavy atom. The van der Waals surface area contributed by atoms with Gasteiger partial charge in [0.15, 0.2) is 0 Å². The normalized spacial score (nSPS) is 11.0. The summed E-state index contributed by atoms with van der Waals surface area (Å²) in [6.07, 6.45) is 2.15. The van der Waals surface area contributed by atoms with Crippen LogP contribution in [0.4, 0.5) is 5.69 Å². The van der Waals surface area contributed by atoms with Gasteiger partial charge < -0.3 is 24.8 Å². The number of benzene rings is 1. The summed E-state index contributed by atoms with van der Waals surface area (Å²) in [7, 11) is 0. The molecule has 0 radical (unpaired) electrons. The average molecular weight is 369 g/mol. The van der Waals surface area contributed by atoms with Crippen LogP contribution >= 0.6 is 11.6 Å². The highest BCUT2D eigenvalue weighted by Gasteiger charge is 2.16. The number of fused-ring (bicyclic) bond motifs is 1. The highest BCUT2D eigenvalue weighted by molar-refractivity contribution is 6.34. The lowest BCUT2D eigenvalue weighted by molar-refractivity contribution is 0.0695. The lowest BCUT2D eigenvalue weighted by Crippen LogP contribution is -2.19. The van der Waals surface area contributed by atoms with Crippen molar-refractivity contribution in [1.29, 1.82) is 0 Å². The zero-order valence-corrected chi connectivity index (χ0v) is 14.7. The molecule has 7 nitrogen and oxygen atoms in total. The molecule has 3 N–H and O–H groups in total. The molecule has 1 aromatic carbocycles. The van der Waals surface area contributed by atoms with Crippen LogP contribution in [0.1, 0.15) is 23.7 Å². The van der Waals surface area contributed by atoms with Gasteiger partial charge in [-0.1, -0.05) is 18.5 Å². The van der Waals surface area contributed by atoms with E-state index in [1.807, 2.05) is 6.92 Å². The lowest BCUT2D eigenvalue weighted by atomic mass is 10.1. The van der Waals surface area contributed by atoms with E-state index < -0.39 is 11.4 Å². The Morgan fingerprint density at radius 3 is 2.76 bits per heavy atom. The fraction of sp³-hybridized carbons (Fsp3) is 0.412. The Bertz CT molecular complexity index is 819. The molecule has 25 heavy (non-hydrogen) atoms. The predicted molar refractivity (Wildman–Crippen MR) is 96.9 cm³/mol. The smallest absolute Gasteiger partial charge is 0.341 e. The van der Waals surface area contributed by atoms with E-state index in [1.165, 1.54) is 6.20 Å². The molecule has 0 aliphatic heterocycles. The minimum atomic E-state index is -1.25. The van der Waals surface area contributed by atoms with E-state index in [0.29, 0.717) is 41.3 Å². The molecule has 0 saturated carbocycles. The van der Waals surface area contributed by atoms with Crippen molar-refractivity contribution in [2.45, 2.75) is 19.9 Å². The molecule has 8 heteroatoms. The van der Waals surface area contributed by atoms with Crippen molar-refractivity contribution >= 4 is 34.2 Å². The monoisotopic (exact) mass is 368 g/mol. The molecule has 0 fully saturated rings. The van der Waals surface area contributed by atoms with Gasteiger partial charge in [0.05, 0.1) is 36.0 Å². The van der Waals surface area contributed by atoms with E-state index >= 15 is 0 Å². The highest BCUT2D eigenvalue weighted by Crippen LogP contribution is 2.27. The second kappa shape index (κ2) is 8.84. The summed E-state index contributed by atoms with van der Waals surface area (Å²) in [4.78, 5) is 23.8. The number of hydrogen-bond donors (Lipinski definition) is 3. The number of hydrogen-bond acceptors (Lipinski definition) is 5. The molecule has 0 spiro atoms. The number of rotatable bonds is 9. The van der Waals surface area contributed by atoms with E-state index in [1.54, 1.807) is 16.7 Å². The number of aryl methyl sites for hydroxylation is 1. The van der Waals surface area contributed by atoms with Crippen molar-refractivity contribution in [1.82, 2.24) is 4.57 Å². The largest absolute Gasteiger partial charge is 0.477 e. The molecular weight excluding hydrogens is 348 g/mol. The minimum Gasteiger partial charge on any atom is -0.477 e. The Hall–Kier alpha value is -2.09. The van der Waals surface area contributed by atoms with Crippen molar-refractivity contribution in [3.05, 3.63) is 39.1 Å². The second-order valence-corrected chi connectivity index (χ2v) is 5.89. The Balaban J connectivity index is 2.43. The zero-order valence-electron chi connectivity index (χ0n) is 13.9. The van der Waals surface area contributed by atoms with Crippen molar-refractivity contribution in [3.8, 4) is 0 Å². The Morgan fingerprint density at radius 1 is 1.36 bits per heavy atom. The number of nitrogens with one attached hydrogen (secondary N) is 1. The van der Waals surface area contributed by atoms with Gasteiger partial charge in [-0.25, -0.2) is 4.79 Å². The maximum absolute atomic E-state index is 12.5. The van der Waals surface area contributed by atoms with E-state index in [4.69, 9.17) is 21.4 Å². The van der Waals surface area contributed by atoms with Gasteiger partial charge in [0.1, 0.15) is 5.56 Å². The van der Waals surface area contributed by atoms with Gasteiger partial charge in [0, 0.05) is 24.7 Å². The molecule has 0 atom stereocenters. The third kappa shape index (κ3) is 4.50. The number of ether oxygens (including phenoxy) is 1. The molecule has 0 amide bonds. The van der Waals surface area contributed by atoms with Crippen molar-refractivity contribution in [2.24, 2.45) is 0 Å². The first-order chi connectivity index (χ1) is 12.0. The van der Waals surface area contributed by atoms with Crippen LogP contribution in [-0.4, -0.2) is 47.1 Å². The molecule has 0 aliphatic rings. The fourth-order valence-electron chi connectivity index (χ4n) is 2.55. The van der Waals surface area contributed by atoms with E-state index in [-0.39, 0.29) is 18.8 Å². The zero-order chi connectivity index (χ0) is 18.4. The molecule has 0 aliphatic carbocycles. The third-order valence-electron chi connectivity index (χ3n) is 3.66. The summed E-state index contributed by atoms with van der Waals surface area (Å²) in [5.74, 6) is -1.25. The van der Waals surface area contributed by atoms with Crippen molar-refractivity contribution in [3.63, 3.8) is 0 Å². The average Bonchev–Trinajstić information content (AvgIpc) is 2.57. The summed E-state index contributed by atoms with van der Waals surface area (Å²) in [6.45, 7) is 3.54. The number of anilines is 1. The number of aliphatic hydroxyl groups excluding tert-OH is 1. The van der Waals surface area contributed by atoms with Crippen molar-refractivity contribution < 1.29 is 19.7 Å². The van der Waals surface area contributed by atoms with Gasteiger partial charge in [-0.15, -0.1) is 0 Å². The maximum Gasteiger partial charge on any atom is 0.341 e. The number of carbonyl (C=O) groups is 1. The predicted octanol–water partition coefficient (Wildman–Crippen LogP) is 2.18. The highest BCUT2D eigenvalue weighted by atomic mass is 35.5. The van der Waals surface area contributed by atoms with Crippen LogP contribution in [0.5, 0.6) is 0 Å². The van der Waals surface area contributed by atoms with Crippen LogP contribution in [0.2, 0.25) is 5.02 Å². The minimum absolute atomic E-state index is 0.0499. The van der Waals surface area contributed by atoms with Gasteiger partial charge in [0.2, 0.25) is 5.43 Å². The van der Waals surface area contributed by atoms with Gasteiger partial charge in [-0.3, -0.25) is 4.79 Å². The molecule has 0 bridgehead atoms. The molecule has 1 aromatic heterocycles. The van der Waals surface area contributed by atoms with Crippen LogP contribution in [0.3, 0.4) is 0 Å². The fourth-order valence-corrected chi connectivity index (χ4v) is 2.77. The van der Waals surface area contributed by atoms with E-state index in [0.717, 1.165) is 6.42 Å². The van der Waals surface area contributed by atoms with Gasteiger partial charge >= 0.3 is 5.97 Å². The van der Waals surface area contributed by atoms with Gasteiger partial charge in [-0.05, 0) is 18.6 Å². The molecule has 2 aromatic rings. The van der Waals surface area contributed by atoms with Gasteiger partial charge in [-0.2, -0.15) is 0 Å². The summed E-state index contributed by atoms with van der Waals surface area (Å²) >= 11 is 6.30. The number of carboxylic acid groups (broad SMARTS) is 1. The van der Waals surface area contributed by atoms with Crippen molar-refractivity contribution in [2.75, 3.05) is 31.7 Å². The quantitative estimate of drug-likeness (QED) is 0.586. The number of aromatic nitrogens is 1. The number of carboxylic acids is 1. The number of aliphatic hydroxyl groups is 1. The third-order valence-corrected chi connectivity index (χ3v) is 3.97. The summed E-state index contributed by atoms with van der Waals surface area (Å²) in [5.41, 5.74) is 0.333. The molecular formula is C17H21ClN2O5.